The fourth-order valence-electron chi connectivity index (χ4n) is 3.03. The number of aromatic hydroxyl groups is 1. The van der Waals surface area contributed by atoms with Gasteiger partial charge in [-0.1, -0.05) is 36.7 Å². The third-order valence-electron chi connectivity index (χ3n) is 4.14. The number of rotatable bonds is 2. The van der Waals surface area contributed by atoms with E-state index in [1.54, 1.807) is 24.3 Å². The molecule has 110 valence electrons. The predicted octanol–water partition coefficient (Wildman–Crippen LogP) is 3.70. The van der Waals surface area contributed by atoms with E-state index in [1.165, 1.54) is 0 Å². The Morgan fingerprint density at radius 2 is 2.10 bits per heavy atom. The molecule has 2 aromatic rings. The number of nitrogens with zero attached hydrogens (tertiary/aromatic N) is 1. The first kappa shape index (κ1) is 14.1. The zero-order valence-electron chi connectivity index (χ0n) is 11.8. The van der Waals surface area contributed by atoms with Crippen LogP contribution < -0.4 is 5.56 Å². The Balaban J connectivity index is 2.05. The fraction of sp³-hybridized carbons (Fsp3) is 0.375. The maximum Gasteiger partial charge on any atom is 0.262 e. The number of hydrogen-bond donors (Lipinski definition) is 2. The molecule has 2 unspecified atom stereocenters. The molecule has 1 heterocycles. The van der Waals surface area contributed by atoms with Gasteiger partial charge in [-0.05, 0) is 31.2 Å². The number of nitrogens with one attached hydrogen (secondary N) is 1. The van der Waals surface area contributed by atoms with Crippen molar-refractivity contribution in [3.05, 3.63) is 45.5 Å². The maximum absolute atomic E-state index is 12.3. The molecule has 1 aliphatic carbocycles. The third-order valence-corrected chi connectivity index (χ3v) is 4.47. The summed E-state index contributed by atoms with van der Waals surface area (Å²) in [4.78, 5) is 19.4. The summed E-state index contributed by atoms with van der Waals surface area (Å²) in [5, 5.41) is 10.6. The summed E-state index contributed by atoms with van der Waals surface area (Å²) in [5.41, 5.74) is 0.289. The number of benzene rings is 1. The highest BCUT2D eigenvalue weighted by molar-refractivity contribution is 6.33. The van der Waals surface area contributed by atoms with E-state index in [1.807, 2.05) is 0 Å². The molecule has 0 radical (unpaired) electrons. The first-order valence-corrected chi connectivity index (χ1v) is 7.52. The predicted molar refractivity (Wildman–Crippen MR) is 82.7 cm³/mol. The Bertz CT molecular complexity index is 726. The molecule has 5 heteroatoms. The van der Waals surface area contributed by atoms with Crippen molar-refractivity contribution in [2.75, 3.05) is 0 Å². The molecule has 1 aliphatic rings. The first-order chi connectivity index (χ1) is 10.1. The number of aromatic nitrogens is 2. The summed E-state index contributed by atoms with van der Waals surface area (Å²) < 4.78 is 0. The van der Waals surface area contributed by atoms with Crippen molar-refractivity contribution in [3.63, 3.8) is 0 Å². The maximum atomic E-state index is 12.3. The minimum absolute atomic E-state index is 0.135. The van der Waals surface area contributed by atoms with Gasteiger partial charge in [-0.15, -0.1) is 0 Å². The normalized spacial score (nSPS) is 21.6. The van der Waals surface area contributed by atoms with Gasteiger partial charge in [-0.25, -0.2) is 0 Å². The van der Waals surface area contributed by atoms with Crippen molar-refractivity contribution in [3.8, 4) is 17.0 Å². The Morgan fingerprint density at radius 3 is 2.71 bits per heavy atom. The molecule has 0 spiro atoms. The molecule has 0 saturated heterocycles. The van der Waals surface area contributed by atoms with Gasteiger partial charge in [0.25, 0.3) is 5.56 Å². The number of hydrogen-bond acceptors (Lipinski definition) is 3. The van der Waals surface area contributed by atoms with Crippen LogP contribution in [0.1, 0.15) is 37.9 Å². The molecule has 1 saturated carbocycles. The molecular weight excluding hydrogens is 288 g/mol. The molecule has 1 aromatic heterocycles. The molecule has 1 fully saturated rings. The van der Waals surface area contributed by atoms with Gasteiger partial charge in [0, 0.05) is 16.5 Å². The molecule has 2 atom stereocenters. The SMILES string of the molecule is CC1CCC(c2nc(O)c(-c3ccccc3Cl)c(=O)[nH]2)C1. The second kappa shape index (κ2) is 5.53. The van der Waals surface area contributed by atoms with E-state index in [-0.39, 0.29) is 22.9 Å². The van der Waals surface area contributed by atoms with Crippen LogP contribution >= 0.6 is 11.6 Å². The van der Waals surface area contributed by atoms with Gasteiger partial charge in [0.05, 0.1) is 0 Å². The quantitative estimate of drug-likeness (QED) is 0.889. The van der Waals surface area contributed by atoms with Crippen molar-refractivity contribution < 1.29 is 5.11 Å². The summed E-state index contributed by atoms with van der Waals surface area (Å²) >= 11 is 6.10. The highest BCUT2D eigenvalue weighted by Crippen LogP contribution is 2.37. The van der Waals surface area contributed by atoms with Crippen molar-refractivity contribution >= 4 is 11.6 Å². The number of H-pyrrole nitrogens is 1. The minimum atomic E-state index is -0.342. The van der Waals surface area contributed by atoms with Gasteiger partial charge in [-0.3, -0.25) is 4.79 Å². The highest BCUT2D eigenvalue weighted by atomic mass is 35.5. The molecular formula is C16H17ClN2O2. The zero-order valence-corrected chi connectivity index (χ0v) is 12.5. The van der Waals surface area contributed by atoms with E-state index in [0.29, 0.717) is 22.3 Å². The second-order valence-corrected chi connectivity index (χ2v) is 6.15. The lowest BCUT2D eigenvalue weighted by molar-refractivity contribution is 0.445. The fourth-order valence-corrected chi connectivity index (χ4v) is 3.26. The van der Waals surface area contributed by atoms with E-state index in [0.717, 1.165) is 19.3 Å². The van der Waals surface area contributed by atoms with Crippen molar-refractivity contribution in [2.45, 2.75) is 32.1 Å². The zero-order chi connectivity index (χ0) is 15.0. The standard InChI is InChI=1S/C16H17ClN2O2/c1-9-6-7-10(8-9)14-18-15(20)13(16(21)19-14)11-4-2-3-5-12(11)17/h2-5,9-10H,6-8H2,1H3,(H2,18,19,20,21). The molecule has 0 aliphatic heterocycles. The van der Waals surface area contributed by atoms with Gasteiger partial charge in [0.1, 0.15) is 11.4 Å². The molecule has 3 rings (SSSR count). The largest absolute Gasteiger partial charge is 0.493 e. The smallest absolute Gasteiger partial charge is 0.262 e. The summed E-state index contributed by atoms with van der Waals surface area (Å²) in [7, 11) is 0. The van der Waals surface area contributed by atoms with Crippen LogP contribution in [-0.2, 0) is 0 Å². The summed E-state index contributed by atoms with van der Waals surface area (Å²) in [6.45, 7) is 2.19. The molecule has 21 heavy (non-hydrogen) atoms. The van der Waals surface area contributed by atoms with Crippen molar-refractivity contribution in [1.29, 1.82) is 0 Å². The van der Waals surface area contributed by atoms with Crippen LogP contribution in [0.2, 0.25) is 5.02 Å². The molecule has 2 N–H and O–H groups in total. The summed E-state index contributed by atoms with van der Waals surface area (Å²) in [5.74, 6) is 1.18. The van der Waals surface area contributed by atoms with Crippen LogP contribution in [0.4, 0.5) is 0 Å². The number of aromatic amines is 1. The summed E-state index contributed by atoms with van der Waals surface area (Å²) in [6.07, 6.45) is 3.12. The van der Waals surface area contributed by atoms with Gasteiger partial charge in [0.2, 0.25) is 5.88 Å². The van der Waals surface area contributed by atoms with Crippen LogP contribution in [0.5, 0.6) is 5.88 Å². The van der Waals surface area contributed by atoms with E-state index in [4.69, 9.17) is 11.6 Å². The first-order valence-electron chi connectivity index (χ1n) is 7.14. The Morgan fingerprint density at radius 1 is 1.33 bits per heavy atom. The Kier molecular flexibility index (Phi) is 3.72. The van der Waals surface area contributed by atoms with E-state index < -0.39 is 0 Å². The average Bonchev–Trinajstić information content (AvgIpc) is 2.87. The molecule has 4 nitrogen and oxygen atoms in total. The lowest BCUT2D eigenvalue weighted by Gasteiger charge is -2.11. The monoisotopic (exact) mass is 304 g/mol. The van der Waals surface area contributed by atoms with Crippen LogP contribution in [0.25, 0.3) is 11.1 Å². The van der Waals surface area contributed by atoms with Gasteiger partial charge in [0.15, 0.2) is 0 Å². The minimum Gasteiger partial charge on any atom is -0.493 e. The Hall–Kier alpha value is -1.81. The van der Waals surface area contributed by atoms with Crippen LogP contribution in [0.3, 0.4) is 0 Å². The molecule has 0 amide bonds. The van der Waals surface area contributed by atoms with Gasteiger partial charge < -0.3 is 10.1 Å². The summed E-state index contributed by atoms with van der Waals surface area (Å²) in [6, 6.07) is 6.93. The lowest BCUT2D eigenvalue weighted by Crippen LogP contribution is -2.16. The van der Waals surface area contributed by atoms with Gasteiger partial charge >= 0.3 is 0 Å². The van der Waals surface area contributed by atoms with E-state index in [2.05, 4.69) is 16.9 Å². The van der Waals surface area contributed by atoms with E-state index >= 15 is 0 Å². The van der Waals surface area contributed by atoms with E-state index in [9.17, 15) is 9.90 Å². The topological polar surface area (TPSA) is 66.0 Å². The lowest BCUT2D eigenvalue weighted by atomic mass is 10.0. The average molecular weight is 305 g/mol. The number of halogens is 1. The van der Waals surface area contributed by atoms with Crippen molar-refractivity contribution in [1.82, 2.24) is 9.97 Å². The molecule has 1 aromatic carbocycles. The highest BCUT2D eigenvalue weighted by Gasteiger charge is 2.26. The van der Waals surface area contributed by atoms with Crippen LogP contribution in [0.15, 0.2) is 29.1 Å². The third kappa shape index (κ3) is 2.68. The van der Waals surface area contributed by atoms with Crippen molar-refractivity contribution in [2.24, 2.45) is 5.92 Å². The van der Waals surface area contributed by atoms with Gasteiger partial charge in [-0.2, -0.15) is 4.98 Å². The second-order valence-electron chi connectivity index (χ2n) is 5.74. The van der Waals surface area contributed by atoms with Crippen LogP contribution in [0, 0.1) is 5.92 Å². The Labute approximate surface area is 127 Å². The molecule has 0 bridgehead atoms. The van der Waals surface area contributed by atoms with Crippen LogP contribution in [-0.4, -0.2) is 15.1 Å².